The van der Waals surface area contributed by atoms with E-state index in [-0.39, 0.29) is 5.91 Å². The second-order valence-corrected chi connectivity index (χ2v) is 6.64. The lowest BCUT2D eigenvalue weighted by Gasteiger charge is -2.27. The standard InChI is InChI=1S/C17H22N6O2/c1-12-8-15(21-17(19-12)22-4-6-25-7-5-22)16(24)20-14-9-18-23(11-14)10-13-2-3-13/h8-9,11,13H,2-7,10H2,1H3,(H,20,24). The lowest BCUT2D eigenvalue weighted by molar-refractivity contribution is 0.102. The van der Waals surface area contributed by atoms with E-state index >= 15 is 0 Å². The highest BCUT2D eigenvalue weighted by Crippen LogP contribution is 2.30. The largest absolute Gasteiger partial charge is 0.378 e. The lowest BCUT2D eigenvalue weighted by atomic mass is 10.3. The van der Waals surface area contributed by atoms with Crippen molar-refractivity contribution in [1.29, 1.82) is 0 Å². The van der Waals surface area contributed by atoms with Crippen LogP contribution in [-0.4, -0.2) is 52.0 Å². The summed E-state index contributed by atoms with van der Waals surface area (Å²) in [7, 11) is 0. The van der Waals surface area contributed by atoms with Gasteiger partial charge in [0.25, 0.3) is 5.91 Å². The van der Waals surface area contributed by atoms with Crippen molar-refractivity contribution in [3.05, 3.63) is 29.8 Å². The van der Waals surface area contributed by atoms with Crippen molar-refractivity contribution in [3.63, 3.8) is 0 Å². The Bertz CT molecular complexity index is 764. The molecule has 2 aromatic heterocycles. The summed E-state index contributed by atoms with van der Waals surface area (Å²) in [5.74, 6) is 1.08. The zero-order valence-corrected chi connectivity index (χ0v) is 14.3. The average molecular weight is 342 g/mol. The molecule has 0 bridgehead atoms. The molecule has 4 rings (SSSR count). The van der Waals surface area contributed by atoms with Gasteiger partial charge in [-0.2, -0.15) is 5.10 Å². The first kappa shape index (κ1) is 16.0. The van der Waals surface area contributed by atoms with Crippen LogP contribution in [0.5, 0.6) is 0 Å². The zero-order chi connectivity index (χ0) is 17.2. The quantitative estimate of drug-likeness (QED) is 0.886. The van der Waals surface area contributed by atoms with E-state index in [1.807, 2.05) is 22.7 Å². The van der Waals surface area contributed by atoms with Crippen LogP contribution in [0.1, 0.15) is 29.0 Å². The summed E-state index contributed by atoms with van der Waals surface area (Å²) >= 11 is 0. The van der Waals surface area contributed by atoms with Crippen molar-refractivity contribution in [2.24, 2.45) is 5.92 Å². The number of anilines is 2. The number of amides is 1. The molecule has 1 saturated heterocycles. The molecule has 0 unspecified atom stereocenters. The van der Waals surface area contributed by atoms with Crippen molar-refractivity contribution in [3.8, 4) is 0 Å². The fourth-order valence-corrected chi connectivity index (χ4v) is 2.86. The maximum absolute atomic E-state index is 12.6. The van der Waals surface area contributed by atoms with Crippen molar-refractivity contribution >= 4 is 17.5 Å². The third-order valence-corrected chi connectivity index (χ3v) is 4.40. The van der Waals surface area contributed by atoms with Gasteiger partial charge in [-0.1, -0.05) is 0 Å². The van der Waals surface area contributed by atoms with Crippen LogP contribution in [0.25, 0.3) is 0 Å². The van der Waals surface area contributed by atoms with E-state index in [1.54, 1.807) is 12.3 Å². The number of carbonyl (C=O) groups excluding carboxylic acids is 1. The van der Waals surface area contributed by atoms with Gasteiger partial charge in [-0.15, -0.1) is 0 Å². The Labute approximate surface area is 146 Å². The van der Waals surface area contributed by atoms with Gasteiger partial charge < -0.3 is 15.0 Å². The predicted molar refractivity (Wildman–Crippen MR) is 92.7 cm³/mol. The molecule has 1 amide bonds. The van der Waals surface area contributed by atoms with E-state index in [0.717, 1.165) is 31.2 Å². The minimum atomic E-state index is -0.244. The number of morpholine rings is 1. The first-order valence-corrected chi connectivity index (χ1v) is 8.69. The topological polar surface area (TPSA) is 85.2 Å². The van der Waals surface area contributed by atoms with Gasteiger partial charge in [0.1, 0.15) is 5.69 Å². The Hall–Kier alpha value is -2.48. The molecule has 132 valence electrons. The molecule has 3 heterocycles. The van der Waals surface area contributed by atoms with Crippen LogP contribution < -0.4 is 10.2 Å². The first-order chi connectivity index (χ1) is 12.2. The summed E-state index contributed by atoms with van der Waals surface area (Å²) in [5.41, 5.74) is 1.82. The Morgan fingerprint density at radius 1 is 1.32 bits per heavy atom. The molecule has 0 atom stereocenters. The molecular weight excluding hydrogens is 320 g/mol. The highest BCUT2D eigenvalue weighted by molar-refractivity contribution is 6.02. The van der Waals surface area contributed by atoms with Crippen LogP contribution in [0.15, 0.2) is 18.5 Å². The van der Waals surface area contributed by atoms with Crippen molar-refractivity contribution in [1.82, 2.24) is 19.7 Å². The maximum Gasteiger partial charge on any atom is 0.274 e. The molecule has 1 N–H and O–H groups in total. The lowest BCUT2D eigenvalue weighted by Crippen LogP contribution is -2.37. The fraction of sp³-hybridized carbons (Fsp3) is 0.529. The molecule has 8 nitrogen and oxygen atoms in total. The predicted octanol–water partition coefficient (Wildman–Crippen LogP) is 1.48. The summed E-state index contributed by atoms with van der Waals surface area (Å²) in [6, 6.07) is 1.70. The number of aromatic nitrogens is 4. The van der Waals surface area contributed by atoms with E-state index in [1.165, 1.54) is 12.8 Å². The number of rotatable bonds is 5. The van der Waals surface area contributed by atoms with E-state index in [0.29, 0.717) is 30.5 Å². The number of aryl methyl sites for hydroxylation is 1. The molecule has 0 spiro atoms. The minimum Gasteiger partial charge on any atom is -0.378 e. The number of nitrogens with one attached hydrogen (secondary N) is 1. The zero-order valence-electron chi connectivity index (χ0n) is 14.3. The van der Waals surface area contributed by atoms with Gasteiger partial charge in [-0.25, -0.2) is 9.97 Å². The normalized spacial score (nSPS) is 17.6. The Balaban J connectivity index is 1.47. The maximum atomic E-state index is 12.6. The van der Waals surface area contributed by atoms with Crippen LogP contribution >= 0.6 is 0 Å². The molecule has 1 aliphatic carbocycles. The van der Waals surface area contributed by atoms with Crippen LogP contribution in [0.2, 0.25) is 0 Å². The molecule has 0 aromatic carbocycles. The average Bonchev–Trinajstić information content (AvgIpc) is 3.33. The smallest absolute Gasteiger partial charge is 0.274 e. The summed E-state index contributed by atoms with van der Waals surface area (Å²) in [6.45, 7) is 5.56. The van der Waals surface area contributed by atoms with E-state index in [4.69, 9.17) is 4.74 Å². The number of nitrogens with zero attached hydrogens (tertiary/aromatic N) is 5. The molecule has 8 heteroatoms. The van der Waals surface area contributed by atoms with Crippen molar-refractivity contribution in [2.75, 3.05) is 36.5 Å². The monoisotopic (exact) mass is 342 g/mol. The molecular formula is C17H22N6O2. The van der Waals surface area contributed by atoms with Gasteiger partial charge in [0.05, 0.1) is 25.1 Å². The van der Waals surface area contributed by atoms with Gasteiger partial charge in [0.2, 0.25) is 5.95 Å². The third kappa shape index (κ3) is 3.96. The molecule has 2 aliphatic rings. The molecule has 0 radical (unpaired) electrons. The SMILES string of the molecule is Cc1cc(C(=O)Nc2cnn(CC3CC3)c2)nc(N2CCOCC2)n1. The van der Waals surface area contributed by atoms with E-state index in [2.05, 4.69) is 20.4 Å². The number of hydrogen-bond acceptors (Lipinski definition) is 6. The van der Waals surface area contributed by atoms with Crippen LogP contribution in [0.4, 0.5) is 11.6 Å². The van der Waals surface area contributed by atoms with Gasteiger partial charge in [-0.05, 0) is 31.7 Å². The number of carbonyl (C=O) groups is 1. The van der Waals surface area contributed by atoms with E-state index in [9.17, 15) is 4.79 Å². The van der Waals surface area contributed by atoms with Gasteiger partial charge in [0.15, 0.2) is 0 Å². The Kier molecular flexibility index (Phi) is 4.35. The van der Waals surface area contributed by atoms with Crippen molar-refractivity contribution < 1.29 is 9.53 Å². The number of hydrogen-bond donors (Lipinski definition) is 1. The summed E-state index contributed by atoms with van der Waals surface area (Å²) < 4.78 is 7.24. The molecule has 2 aromatic rings. The van der Waals surface area contributed by atoms with Crippen LogP contribution in [0.3, 0.4) is 0 Å². The number of ether oxygens (including phenoxy) is 1. The highest BCUT2D eigenvalue weighted by Gasteiger charge is 2.22. The van der Waals surface area contributed by atoms with Gasteiger partial charge in [0, 0.05) is 31.5 Å². The summed E-state index contributed by atoms with van der Waals surface area (Å²) in [4.78, 5) is 23.5. The molecule has 1 aliphatic heterocycles. The third-order valence-electron chi connectivity index (χ3n) is 4.40. The molecule has 1 saturated carbocycles. The fourth-order valence-electron chi connectivity index (χ4n) is 2.86. The summed E-state index contributed by atoms with van der Waals surface area (Å²) in [5, 5.41) is 7.17. The second kappa shape index (κ2) is 6.79. The first-order valence-electron chi connectivity index (χ1n) is 8.69. The van der Waals surface area contributed by atoms with Crippen molar-refractivity contribution in [2.45, 2.75) is 26.3 Å². The second-order valence-electron chi connectivity index (χ2n) is 6.64. The molecule has 25 heavy (non-hydrogen) atoms. The summed E-state index contributed by atoms with van der Waals surface area (Å²) in [6.07, 6.45) is 6.09. The Morgan fingerprint density at radius 2 is 2.12 bits per heavy atom. The van der Waals surface area contributed by atoms with E-state index < -0.39 is 0 Å². The Morgan fingerprint density at radius 3 is 2.88 bits per heavy atom. The molecule has 2 fully saturated rings. The van der Waals surface area contributed by atoms with Gasteiger partial charge in [-0.3, -0.25) is 9.48 Å². The van der Waals surface area contributed by atoms with Gasteiger partial charge >= 0.3 is 0 Å². The highest BCUT2D eigenvalue weighted by atomic mass is 16.5. The minimum absolute atomic E-state index is 0.244. The van der Waals surface area contributed by atoms with Crippen LogP contribution in [0, 0.1) is 12.8 Å². The van der Waals surface area contributed by atoms with Crippen LogP contribution in [-0.2, 0) is 11.3 Å².